The van der Waals surface area contributed by atoms with Crippen LogP contribution in [0.1, 0.15) is 18.9 Å². The molecule has 0 aliphatic heterocycles. The molecule has 140 valence electrons. The minimum absolute atomic E-state index is 0.0992. The zero-order valence-electron chi connectivity index (χ0n) is 14.5. The first kappa shape index (κ1) is 19.1. The molecule has 0 radical (unpaired) electrons. The van der Waals surface area contributed by atoms with Crippen LogP contribution in [-0.2, 0) is 28.3 Å². The number of fused-ring (bicyclic) bond motifs is 1. The van der Waals surface area contributed by atoms with E-state index < -0.39 is 10.5 Å². The van der Waals surface area contributed by atoms with E-state index in [4.69, 9.17) is 11.6 Å². The second kappa shape index (κ2) is 8.32. The highest BCUT2D eigenvalue weighted by atomic mass is 35.5. The summed E-state index contributed by atoms with van der Waals surface area (Å²) in [5.41, 5.74) is 1.92. The van der Waals surface area contributed by atoms with Gasteiger partial charge in [0.1, 0.15) is 0 Å². The third-order valence-electron chi connectivity index (χ3n) is 3.87. The van der Waals surface area contributed by atoms with Crippen molar-refractivity contribution in [1.82, 2.24) is 9.78 Å². The van der Waals surface area contributed by atoms with Crippen molar-refractivity contribution in [3.63, 3.8) is 0 Å². The molecule has 27 heavy (non-hydrogen) atoms. The summed E-state index contributed by atoms with van der Waals surface area (Å²) in [6.07, 6.45) is 2.73. The Morgan fingerprint density at radius 1 is 1.30 bits per heavy atom. The quantitative estimate of drug-likeness (QED) is 0.672. The molecule has 0 spiro atoms. The van der Waals surface area contributed by atoms with Gasteiger partial charge < -0.3 is 5.32 Å². The van der Waals surface area contributed by atoms with Crippen LogP contribution in [0.4, 0.5) is 11.4 Å². The number of hydrogen-bond donors (Lipinski definition) is 1. The number of halogens is 1. The summed E-state index contributed by atoms with van der Waals surface area (Å²) < 4.78 is 27.5. The van der Waals surface area contributed by atoms with Crippen LogP contribution in [0, 0.1) is 0 Å². The van der Waals surface area contributed by atoms with Gasteiger partial charge in [-0.25, -0.2) is 0 Å². The van der Waals surface area contributed by atoms with E-state index >= 15 is 0 Å². The van der Waals surface area contributed by atoms with E-state index in [1.54, 1.807) is 35.1 Å². The standard InChI is InChI=1S/C18H17ClN4O3S/c1-2-7-23-11-14-16(21-23)9-13(10-17(14)22-27(25)26)20-18(24)8-12-5-3-4-6-15(12)19/h3-6,9-11H,2,7-8H2,1H3,(H,20,24). The first-order valence-electron chi connectivity index (χ1n) is 8.32. The first-order valence-corrected chi connectivity index (χ1v) is 9.73. The molecule has 0 unspecified atom stereocenters. The second-order valence-corrected chi connectivity index (χ2v) is 6.97. The number of anilines is 1. The summed E-state index contributed by atoms with van der Waals surface area (Å²) in [5, 5.41) is 8.30. The Morgan fingerprint density at radius 3 is 2.78 bits per heavy atom. The van der Waals surface area contributed by atoms with Gasteiger partial charge in [-0.05, 0) is 30.2 Å². The molecular formula is C18H17ClN4O3S. The Hall–Kier alpha value is -2.71. The van der Waals surface area contributed by atoms with E-state index in [-0.39, 0.29) is 18.0 Å². The lowest BCUT2D eigenvalue weighted by molar-refractivity contribution is -0.115. The molecule has 3 aromatic rings. The molecule has 1 heterocycles. The van der Waals surface area contributed by atoms with Crippen LogP contribution >= 0.6 is 11.6 Å². The normalized spacial score (nSPS) is 10.7. The van der Waals surface area contributed by atoms with Crippen molar-refractivity contribution in [3.05, 3.63) is 53.2 Å². The SMILES string of the molecule is CCCn1cc2c(N=S(=O)=O)cc(NC(=O)Cc3ccccc3Cl)cc2n1. The molecule has 0 aliphatic rings. The molecule has 9 heteroatoms. The average molecular weight is 405 g/mol. The van der Waals surface area contributed by atoms with Crippen molar-refractivity contribution in [3.8, 4) is 0 Å². The molecule has 2 aromatic carbocycles. The number of nitrogens with zero attached hydrogens (tertiary/aromatic N) is 3. The monoisotopic (exact) mass is 404 g/mol. The van der Waals surface area contributed by atoms with E-state index in [0.717, 1.165) is 6.42 Å². The van der Waals surface area contributed by atoms with Crippen LogP contribution < -0.4 is 5.32 Å². The van der Waals surface area contributed by atoms with Crippen LogP contribution in [0.3, 0.4) is 0 Å². The zero-order chi connectivity index (χ0) is 19.4. The van der Waals surface area contributed by atoms with Gasteiger partial charge in [-0.15, -0.1) is 4.36 Å². The van der Waals surface area contributed by atoms with E-state index in [1.165, 1.54) is 6.07 Å². The van der Waals surface area contributed by atoms with Crippen LogP contribution in [-0.4, -0.2) is 24.1 Å². The van der Waals surface area contributed by atoms with E-state index in [9.17, 15) is 13.2 Å². The summed E-state index contributed by atoms with van der Waals surface area (Å²) in [7, 11) is -2.61. The fraction of sp³-hybridized carbons (Fsp3) is 0.222. The number of rotatable bonds is 6. The number of carbonyl (C=O) groups excluding carboxylic acids is 1. The smallest absolute Gasteiger partial charge is 0.316 e. The fourth-order valence-electron chi connectivity index (χ4n) is 2.75. The molecule has 1 N–H and O–H groups in total. The minimum atomic E-state index is -2.61. The third kappa shape index (κ3) is 4.72. The average Bonchev–Trinajstić information content (AvgIpc) is 2.99. The molecule has 0 bridgehead atoms. The van der Waals surface area contributed by atoms with Crippen molar-refractivity contribution in [1.29, 1.82) is 0 Å². The van der Waals surface area contributed by atoms with Gasteiger partial charge >= 0.3 is 10.5 Å². The van der Waals surface area contributed by atoms with Crippen LogP contribution in [0.15, 0.2) is 47.0 Å². The summed E-state index contributed by atoms with van der Waals surface area (Å²) in [4.78, 5) is 12.4. The predicted molar refractivity (Wildman–Crippen MR) is 105 cm³/mol. The molecule has 1 aromatic heterocycles. The molecule has 0 aliphatic carbocycles. The molecular weight excluding hydrogens is 388 g/mol. The van der Waals surface area contributed by atoms with Gasteiger partial charge in [-0.2, -0.15) is 13.5 Å². The van der Waals surface area contributed by atoms with Crippen molar-refractivity contribution >= 4 is 50.3 Å². The summed E-state index contributed by atoms with van der Waals surface area (Å²) in [6, 6.07) is 10.3. The van der Waals surface area contributed by atoms with Gasteiger partial charge in [0, 0.05) is 28.8 Å². The maximum atomic E-state index is 12.4. The Kier molecular flexibility index (Phi) is 5.88. The predicted octanol–water partition coefficient (Wildman–Crippen LogP) is 3.98. The van der Waals surface area contributed by atoms with Gasteiger partial charge in [-0.1, -0.05) is 36.7 Å². The number of hydrogen-bond acceptors (Lipinski definition) is 5. The number of aryl methyl sites for hydroxylation is 1. The summed E-state index contributed by atoms with van der Waals surface area (Å²) in [5.74, 6) is -0.273. The lowest BCUT2D eigenvalue weighted by atomic mass is 10.1. The van der Waals surface area contributed by atoms with Crippen molar-refractivity contribution in [2.75, 3.05) is 5.32 Å². The van der Waals surface area contributed by atoms with Gasteiger partial charge in [0.05, 0.1) is 17.6 Å². The lowest BCUT2D eigenvalue weighted by Gasteiger charge is -2.07. The zero-order valence-corrected chi connectivity index (χ0v) is 16.1. The minimum Gasteiger partial charge on any atom is -0.326 e. The lowest BCUT2D eigenvalue weighted by Crippen LogP contribution is -2.14. The Bertz CT molecular complexity index is 1130. The second-order valence-electron chi connectivity index (χ2n) is 5.95. The molecule has 0 atom stereocenters. The van der Waals surface area contributed by atoms with Gasteiger partial charge in [0.25, 0.3) is 0 Å². The Labute approximate surface area is 162 Å². The maximum absolute atomic E-state index is 12.4. The topological polar surface area (TPSA) is 93.4 Å². The molecule has 0 fully saturated rings. The number of benzene rings is 2. The van der Waals surface area contributed by atoms with Gasteiger partial charge in [0.2, 0.25) is 5.91 Å². The molecule has 7 nitrogen and oxygen atoms in total. The van der Waals surface area contributed by atoms with E-state index in [0.29, 0.717) is 33.7 Å². The highest BCUT2D eigenvalue weighted by Gasteiger charge is 2.12. The fourth-order valence-corrected chi connectivity index (χ4v) is 3.26. The number of carbonyl (C=O) groups is 1. The molecule has 0 saturated carbocycles. The molecule has 1 amide bonds. The van der Waals surface area contributed by atoms with E-state index in [2.05, 4.69) is 14.8 Å². The van der Waals surface area contributed by atoms with Crippen LogP contribution in [0.25, 0.3) is 10.9 Å². The Morgan fingerprint density at radius 2 is 2.07 bits per heavy atom. The highest BCUT2D eigenvalue weighted by molar-refractivity contribution is 7.61. The summed E-state index contributed by atoms with van der Waals surface area (Å²) in [6.45, 7) is 2.72. The highest BCUT2D eigenvalue weighted by Crippen LogP contribution is 2.30. The summed E-state index contributed by atoms with van der Waals surface area (Å²) >= 11 is 6.09. The van der Waals surface area contributed by atoms with Gasteiger partial charge in [-0.3, -0.25) is 9.48 Å². The number of aromatic nitrogens is 2. The maximum Gasteiger partial charge on any atom is 0.316 e. The van der Waals surface area contributed by atoms with Crippen molar-refractivity contribution < 1.29 is 13.2 Å². The van der Waals surface area contributed by atoms with Gasteiger partial charge in [0.15, 0.2) is 0 Å². The van der Waals surface area contributed by atoms with Crippen molar-refractivity contribution in [2.24, 2.45) is 4.36 Å². The molecule has 0 saturated heterocycles. The third-order valence-corrected chi connectivity index (χ3v) is 4.58. The molecule has 3 rings (SSSR count). The van der Waals surface area contributed by atoms with E-state index in [1.807, 2.05) is 13.0 Å². The largest absolute Gasteiger partial charge is 0.326 e. The number of amides is 1. The van der Waals surface area contributed by atoms with Crippen LogP contribution in [0.5, 0.6) is 0 Å². The number of nitrogens with one attached hydrogen (secondary N) is 1. The van der Waals surface area contributed by atoms with Crippen LogP contribution in [0.2, 0.25) is 5.02 Å². The first-order chi connectivity index (χ1) is 13.0. The van der Waals surface area contributed by atoms with Crippen molar-refractivity contribution in [2.45, 2.75) is 26.3 Å². The Balaban J connectivity index is 1.92.